The minimum absolute atomic E-state index is 0.0408. The van der Waals surface area contributed by atoms with Crippen LogP contribution in [0.5, 0.6) is 0 Å². The number of alkyl halides is 1. The minimum atomic E-state index is -1.32. The van der Waals surface area contributed by atoms with Crippen molar-refractivity contribution in [2.24, 2.45) is 5.92 Å². The normalized spacial score (nSPS) is 14.1. The average molecular weight is 262 g/mol. The van der Waals surface area contributed by atoms with Gasteiger partial charge >= 0.3 is 5.97 Å². The number of carboxylic acids is 1. The van der Waals surface area contributed by atoms with Gasteiger partial charge in [0, 0.05) is 0 Å². The maximum Gasteiger partial charge on any atom is 0.305 e. The average Bonchev–Trinajstić information content (AvgIpc) is 2.26. The van der Waals surface area contributed by atoms with Gasteiger partial charge in [0.2, 0.25) is 5.91 Å². The van der Waals surface area contributed by atoms with Gasteiger partial charge in [0.15, 0.2) is 5.78 Å². The van der Waals surface area contributed by atoms with E-state index in [1.54, 1.807) is 20.9 Å². The van der Waals surface area contributed by atoms with Crippen molar-refractivity contribution in [2.75, 3.05) is 13.7 Å². The van der Waals surface area contributed by atoms with E-state index in [0.717, 1.165) is 0 Å². The Balaban J connectivity index is 4.71. The molecule has 18 heavy (non-hydrogen) atoms. The Bertz CT molecular complexity index is 320. The molecule has 0 aliphatic heterocycles. The highest BCUT2D eigenvalue weighted by Gasteiger charge is 2.27. The van der Waals surface area contributed by atoms with Gasteiger partial charge in [-0.1, -0.05) is 13.8 Å². The molecule has 0 bridgehead atoms. The van der Waals surface area contributed by atoms with Crippen LogP contribution in [-0.4, -0.2) is 48.6 Å². The van der Waals surface area contributed by atoms with Crippen molar-refractivity contribution in [1.82, 2.24) is 10.6 Å². The Morgan fingerprint density at radius 3 is 2.17 bits per heavy atom. The fourth-order valence-electron chi connectivity index (χ4n) is 1.54. The number of likely N-dealkylation sites (N-methyl/N-ethyl adjacent to an activating group) is 1. The Kier molecular flexibility index (Phi) is 7.11. The Morgan fingerprint density at radius 1 is 1.28 bits per heavy atom. The lowest BCUT2D eigenvalue weighted by Crippen LogP contribution is -2.52. The molecule has 0 aromatic heterocycles. The van der Waals surface area contributed by atoms with Crippen LogP contribution in [-0.2, 0) is 14.4 Å². The van der Waals surface area contributed by atoms with Gasteiger partial charge < -0.3 is 15.7 Å². The summed E-state index contributed by atoms with van der Waals surface area (Å²) in [5, 5.41) is 13.6. The molecule has 0 aromatic rings. The van der Waals surface area contributed by atoms with Gasteiger partial charge in [0.25, 0.3) is 0 Å². The number of hydrogen-bond donors (Lipinski definition) is 3. The maximum atomic E-state index is 12.3. The molecule has 0 radical (unpaired) electrons. The summed E-state index contributed by atoms with van der Waals surface area (Å²) in [6, 6.07) is -1.89. The zero-order chi connectivity index (χ0) is 14.3. The van der Waals surface area contributed by atoms with Crippen LogP contribution >= 0.6 is 0 Å². The third-order valence-electron chi connectivity index (χ3n) is 2.48. The van der Waals surface area contributed by atoms with E-state index in [1.165, 1.54) is 0 Å². The number of halogens is 1. The second-order valence-corrected chi connectivity index (χ2v) is 4.27. The van der Waals surface area contributed by atoms with Crippen LogP contribution in [0.2, 0.25) is 0 Å². The molecule has 0 spiro atoms. The summed E-state index contributed by atoms with van der Waals surface area (Å²) in [6.07, 6.45) is -0.622. The molecule has 1 unspecified atom stereocenters. The monoisotopic (exact) mass is 262 g/mol. The summed E-state index contributed by atoms with van der Waals surface area (Å²) < 4.78 is 12.3. The van der Waals surface area contributed by atoms with E-state index < -0.39 is 42.8 Å². The first-order chi connectivity index (χ1) is 8.33. The number of carbonyl (C=O) groups excluding carboxylic acids is 2. The molecule has 7 heteroatoms. The van der Waals surface area contributed by atoms with Crippen molar-refractivity contribution in [3.63, 3.8) is 0 Å². The fourth-order valence-corrected chi connectivity index (χ4v) is 1.54. The number of carboxylic acid groups (broad SMARTS) is 1. The number of aliphatic carboxylic acids is 1. The molecular weight excluding hydrogens is 243 g/mol. The van der Waals surface area contributed by atoms with E-state index >= 15 is 0 Å². The van der Waals surface area contributed by atoms with Crippen LogP contribution in [0, 0.1) is 5.92 Å². The Labute approximate surface area is 105 Å². The first-order valence-electron chi connectivity index (χ1n) is 5.61. The highest BCUT2D eigenvalue weighted by molar-refractivity contribution is 5.93. The zero-order valence-electron chi connectivity index (χ0n) is 10.7. The number of rotatable bonds is 8. The lowest BCUT2D eigenvalue weighted by molar-refractivity contribution is -0.140. The molecule has 0 heterocycles. The molecule has 0 rings (SSSR count). The molecule has 0 aliphatic rings. The summed E-state index contributed by atoms with van der Waals surface area (Å²) in [5.74, 6) is -2.77. The van der Waals surface area contributed by atoms with Gasteiger partial charge in [-0.2, -0.15) is 0 Å². The number of hydrogen-bond acceptors (Lipinski definition) is 4. The molecule has 104 valence electrons. The molecule has 1 amide bonds. The van der Waals surface area contributed by atoms with Crippen molar-refractivity contribution in [3.8, 4) is 0 Å². The fraction of sp³-hybridized carbons (Fsp3) is 0.727. The van der Waals surface area contributed by atoms with E-state index in [2.05, 4.69) is 10.6 Å². The van der Waals surface area contributed by atoms with Crippen molar-refractivity contribution in [2.45, 2.75) is 32.4 Å². The summed E-state index contributed by atoms with van der Waals surface area (Å²) in [5.41, 5.74) is 0. The van der Waals surface area contributed by atoms with Crippen LogP contribution in [0.3, 0.4) is 0 Å². The molecule has 0 aliphatic carbocycles. The van der Waals surface area contributed by atoms with E-state index in [1.807, 2.05) is 0 Å². The second-order valence-electron chi connectivity index (χ2n) is 4.27. The lowest BCUT2D eigenvalue weighted by atomic mass is 10.0. The van der Waals surface area contributed by atoms with Gasteiger partial charge in [0.05, 0.1) is 12.5 Å². The van der Waals surface area contributed by atoms with Gasteiger partial charge in [-0.05, 0) is 13.0 Å². The lowest BCUT2D eigenvalue weighted by Gasteiger charge is -2.22. The smallest absolute Gasteiger partial charge is 0.305 e. The van der Waals surface area contributed by atoms with Crippen molar-refractivity contribution < 1.29 is 23.9 Å². The molecule has 0 aromatic carbocycles. The number of ketones is 1. The molecule has 0 fully saturated rings. The number of amides is 1. The van der Waals surface area contributed by atoms with E-state index in [-0.39, 0.29) is 5.92 Å². The topological polar surface area (TPSA) is 95.5 Å². The number of Topliss-reactive ketones (excluding diaryl/α,β-unsaturated/α-hetero) is 1. The van der Waals surface area contributed by atoms with E-state index in [9.17, 15) is 18.8 Å². The molecule has 0 saturated carbocycles. The summed E-state index contributed by atoms with van der Waals surface area (Å²) in [7, 11) is 1.58. The van der Waals surface area contributed by atoms with Crippen molar-refractivity contribution >= 4 is 17.7 Å². The highest BCUT2D eigenvalue weighted by Crippen LogP contribution is 2.03. The number of nitrogens with one attached hydrogen (secondary N) is 2. The predicted octanol–water partition coefficient (Wildman–Crippen LogP) is -0.271. The Hall–Kier alpha value is -1.50. The van der Waals surface area contributed by atoms with Gasteiger partial charge in [0.1, 0.15) is 12.7 Å². The quantitative estimate of drug-likeness (QED) is 0.559. The van der Waals surface area contributed by atoms with Crippen molar-refractivity contribution in [3.05, 3.63) is 0 Å². The SMILES string of the molecule is CN[C@H](C(=O)NC(CC(=O)O)C(=O)CF)C(C)C. The minimum Gasteiger partial charge on any atom is -0.481 e. The van der Waals surface area contributed by atoms with Crippen LogP contribution in [0.1, 0.15) is 20.3 Å². The van der Waals surface area contributed by atoms with Gasteiger partial charge in [-0.25, -0.2) is 4.39 Å². The maximum absolute atomic E-state index is 12.3. The molecular formula is C11H19FN2O4. The van der Waals surface area contributed by atoms with Crippen LogP contribution in [0.4, 0.5) is 4.39 Å². The highest BCUT2D eigenvalue weighted by atomic mass is 19.1. The first kappa shape index (κ1) is 16.5. The van der Waals surface area contributed by atoms with Crippen LogP contribution < -0.4 is 10.6 Å². The van der Waals surface area contributed by atoms with Crippen LogP contribution in [0.25, 0.3) is 0 Å². The third kappa shape index (κ3) is 5.22. The summed E-state index contributed by atoms with van der Waals surface area (Å²) >= 11 is 0. The largest absolute Gasteiger partial charge is 0.481 e. The van der Waals surface area contributed by atoms with E-state index in [4.69, 9.17) is 5.11 Å². The van der Waals surface area contributed by atoms with Crippen molar-refractivity contribution in [1.29, 1.82) is 0 Å². The summed E-state index contributed by atoms with van der Waals surface area (Å²) in [6.45, 7) is 2.29. The zero-order valence-corrected chi connectivity index (χ0v) is 10.7. The molecule has 0 saturated heterocycles. The third-order valence-corrected chi connectivity index (χ3v) is 2.48. The number of carbonyl (C=O) groups is 3. The standard InChI is InChI=1S/C11H19FN2O4/c1-6(2)10(13-3)11(18)14-7(4-9(16)17)8(15)5-12/h6-7,10,13H,4-5H2,1-3H3,(H,14,18)(H,16,17)/t7?,10-/m0/s1. The molecule has 2 atom stereocenters. The molecule has 6 nitrogen and oxygen atoms in total. The second kappa shape index (κ2) is 7.75. The Morgan fingerprint density at radius 2 is 1.83 bits per heavy atom. The van der Waals surface area contributed by atoms with Gasteiger partial charge in [-0.15, -0.1) is 0 Å². The first-order valence-corrected chi connectivity index (χ1v) is 5.61. The molecule has 3 N–H and O–H groups in total. The van der Waals surface area contributed by atoms with E-state index in [0.29, 0.717) is 0 Å². The van der Waals surface area contributed by atoms with Gasteiger partial charge in [-0.3, -0.25) is 14.4 Å². The summed E-state index contributed by atoms with van der Waals surface area (Å²) in [4.78, 5) is 33.5. The van der Waals surface area contributed by atoms with Crippen LogP contribution in [0.15, 0.2) is 0 Å². The predicted molar refractivity (Wildman–Crippen MR) is 62.9 cm³/mol.